The average Bonchev–Trinajstić information content (AvgIpc) is 2.83. The summed E-state index contributed by atoms with van der Waals surface area (Å²) in [6.07, 6.45) is 1.40. The van der Waals surface area contributed by atoms with E-state index in [1.807, 2.05) is 43.0 Å². The third-order valence-electron chi connectivity index (χ3n) is 6.61. The molecule has 0 bridgehead atoms. The number of anilines is 2. The van der Waals surface area contributed by atoms with Gasteiger partial charge in [0.15, 0.2) is 0 Å². The van der Waals surface area contributed by atoms with Crippen LogP contribution in [-0.2, 0) is 11.2 Å². The van der Waals surface area contributed by atoms with Crippen LogP contribution in [0.25, 0.3) is 0 Å². The highest BCUT2D eigenvalue weighted by molar-refractivity contribution is 5.95. The van der Waals surface area contributed by atoms with E-state index < -0.39 is 6.10 Å². The SMILES string of the molecule is COc1ccc(N2CCN(CC(O)c3ccc4c(c3)CCCN4C(=O)C(C)C)CC2)cc1. The van der Waals surface area contributed by atoms with Gasteiger partial charge in [-0.2, -0.15) is 0 Å². The number of nitrogens with zero attached hydrogens (tertiary/aromatic N) is 3. The molecule has 2 aromatic rings. The molecule has 0 radical (unpaired) electrons. The van der Waals surface area contributed by atoms with Gasteiger partial charge in [-0.25, -0.2) is 0 Å². The Morgan fingerprint density at radius 2 is 1.75 bits per heavy atom. The van der Waals surface area contributed by atoms with Crippen LogP contribution in [0.3, 0.4) is 0 Å². The predicted octanol–water partition coefficient (Wildman–Crippen LogP) is 3.49. The van der Waals surface area contributed by atoms with Gasteiger partial charge < -0.3 is 19.6 Å². The zero-order valence-electron chi connectivity index (χ0n) is 19.5. The number of amides is 1. The molecule has 172 valence electrons. The topological polar surface area (TPSA) is 56.2 Å². The van der Waals surface area contributed by atoms with Crippen LogP contribution in [0.4, 0.5) is 11.4 Å². The number of carbonyl (C=O) groups is 1. The van der Waals surface area contributed by atoms with Gasteiger partial charge in [0, 0.05) is 56.6 Å². The van der Waals surface area contributed by atoms with E-state index in [0.29, 0.717) is 6.54 Å². The molecule has 1 N–H and O–H groups in total. The Labute approximate surface area is 191 Å². The fraction of sp³-hybridized carbons (Fsp3) is 0.500. The van der Waals surface area contributed by atoms with E-state index in [1.165, 1.54) is 11.3 Å². The number of aliphatic hydroxyl groups is 1. The number of piperazine rings is 1. The lowest BCUT2D eigenvalue weighted by molar-refractivity contribution is -0.121. The van der Waals surface area contributed by atoms with E-state index >= 15 is 0 Å². The number of hydrogen-bond donors (Lipinski definition) is 1. The lowest BCUT2D eigenvalue weighted by Gasteiger charge is -2.37. The van der Waals surface area contributed by atoms with Gasteiger partial charge >= 0.3 is 0 Å². The molecule has 1 atom stereocenters. The van der Waals surface area contributed by atoms with Crippen molar-refractivity contribution in [1.82, 2.24) is 4.90 Å². The van der Waals surface area contributed by atoms with Gasteiger partial charge in [0.1, 0.15) is 5.75 Å². The number of benzene rings is 2. The first-order chi connectivity index (χ1) is 15.5. The van der Waals surface area contributed by atoms with Crippen LogP contribution in [0.15, 0.2) is 42.5 Å². The molecule has 6 nitrogen and oxygen atoms in total. The number of carbonyl (C=O) groups excluding carboxylic acids is 1. The Kier molecular flexibility index (Phi) is 7.01. The number of fused-ring (bicyclic) bond motifs is 1. The Morgan fingerprint density at radius 1 is 1.03 bits per heavy atom. The summed E-state index contributed by atoms with van der Waals surface area (Å²) in [5.74, 6) is 1.04. The first-order valence-electron chi connectivity index (χ1n) is 11.7. The van der Waals surface area contributed by atoms with Gasteiger partial charge in [0.2, 0.25) is 5.91 Å². The number of rotatable bonds is 6. The van der Waals surface area contributed by atoms with E-state index in [1.54, 1.807) is 7.11 Å². The molecular formula is C26H35N3O3. The van der Waals surface area contributed by atoms with Crippen molar-refractivity contribution in [3.8, 4) is 5.75 Å². The standard InChI is InChI=1S/C26H35N3O3/c1-19(2)26(31)29-12-4-5-20-17-21(6-11-24(20)29)25(30)18-27-13-15-28(16-14-27)22-7-9-23(32-3)10-8-22/h6-11,17,19,25,30H,4-5,12-16,18H2,1-3H3. The minimum absolute atomic E-state index is 0.0113. The number of aryl methyl sites for hydroxylation is 1. The molecule has 2 heterocycles. The van der Waals surface area contributed by atoms with Crippen molar-refractivity contribution < 1.29 is 14.6 Å². The van der Waals surface area contributed by atoms with Gasteiger partial charge in [-0.3, -0.25) is 9.69 Å². The number of aliphatic hydroxyl groups excluding tert-OH is 1. The molecule has 2 aliphatic heterocycles. The van der Waals surface area contributed by atoms with Crippen molar-refractivity contribution in [2.24, 2.45) is 5.92 Å². The van der Waals surface area contributed by atoms with Gasteiger partial charge in [0.25, 0.3) is 0 Å². The van der Waals surface area contributed by atoms with Crippen LogP contribution >= 0.6 is 0 Å². The number of β-amino-alcohol motifs (C(OH)–C–C–N with tert-alkyl or cyclic N) is 1. The van der Waals surface area contributed by atoms with Crippen molar-refractivity contribution in [3.63, 3.8) is 0 Å². The second kappa shape index (κ2) is 9.92. The average molecular weight is 438 g/mol. The van der Waals surface area contributed by atoms with Gasteiger partial charge in [-0.05, 0) is 54.3 Å². The Hall–Kier alpha value is -2.57. The summed E-state index contributed by atoms with van der Waals surface area (Å²) in [5, 5.41) is 10.9. The predicted molar refractivity (Wildman–Crippen MR) is 129 cm³/mol. The maximum atomic E-state index is 12.6. The Bertz CT molecular complexity index is 920. The molecule has 0 saturated carbocycles. The molecule has 4 rings (SSSR count). The number of hydrogen-bond acceptors (Lipinski definition) is 5. The molecule has 32 heavy (non-hydrogen) atoms. The van der Waals surface area contributed by atoms with Crippen LogP contribution in [-0.4, -0.2) is 62.3 Å². The zero-order chi connectivity index (χ0) is 22.7. The molecular weight excluding hydrogens is 402 g/mol. The zero-order valence-corrected chi connectivity index (χ0v) is 19.5. The lowest BCUT2D eigenvalue weighted by atomic mass is 9.96. The molecule has 0 spiro atoms. The minimum Gasteiger partial charge on any atom is -0.497 e. The molecule has 6 heteroatoms. The summed E-state index contributed by atoms with van der Waals surface area (Å²) in [5.41, 5.74) is 4.34. The van der Waals surface area contributed by atoms with E-state index in [-0.39, 0.29) is 11.8 Å². The normalized spacial score (nSPS) is 17.9. The molecule has 1 amide bonds. The van der Waals surface area contributed by atoms with Gasteiger partial charge in [0.05, 0.1) is 13.2 Å². The highest BCUT2D eigenvalue weighted by atomic mass is 16.5. The third-order valence-corrected chi connectivity index (χ3v) is 6.61. The first kappa shape index (κ1) is 22.6. The van der Waals surface area contributed by atoms with Crippen molar-refractivity contribution in [3.05, 3.63) is 53.6 Å². The molecule has 1 fully saturated rings. The summed E-state index contributed by atoms with van der Waals surface area (Å²) in [6.45, 7) is 9.03. The van der Waals surface area contributed by atoms with Crippen LogP contribution in [0.2, 0.25) is 0 Å². The van der Waals surface area contributed by atoms with Crippen LogP contribution in [0, 0.1) is 5.92 Å². The van der Waals surface area contributed by atoms with E-state index in [0.717, 1.165) is 62.6 Å². The summed E-state index contributed by atoms with van der Waals surface area (Å²) in [7, 11) is 1.68. The van der Waals surface area contributed by atoms with Crippen molar-refractivity contribution in [2.75, 3.05) is 56.2 Å². The van der Waals surface area contributed by atoms with Crippen molar-refractivity contribution >= 4 is 17.3 Å². The summed E-state index contributed by atoms with van der Waals surface area (Å²) < 4.78 is 5.25. The quantitative estimate of drug-likeness (QED) is 0.750. The Balaban J connectivity index is 1.35. The van der Waals surface area contributed by atoms with Gasteiger partial charge in [-0.15, -0.1) is 0 Å². The molecule has 2 aromatic carbocycles. The Morgan fingerprint density at radius 3 is 2.41 bits per heavy atom. The van der Waals surface area contributed by atoms with Crippen molar-refractivity contribution in [2.45, 2.75) is 32.8 Å². The van der Waals surface area contributed by atoms with Gasteiger partial charge in [-0.1, -0.05) is 26.0 Å². The van der Waals surface area contributed by atoms with Crippen LogP contribution in [0.1, 0.15) is 37.5 Å². The first-order valence-corrected chi connectivity index (χ1v) is 11.7. The third kappa shape index (κ3) is 4.92. The van der Waals surface area contributed by atoms with Crippen molar-refractivity contribution in [1.29, 1.82) is 0 Å². The molecule has 0 aromatic heterocycles. The lowest BCUT2D eigenvalue weighted by Crippen LogP contribution is -2.47. The molecule has 1 unspecified atom stereocenters. The van der Waals surface area contributed by atoms with Crippen LogP contribution < -0.4 is 14.5 Å². The molecule has 2 aliphatic rings. The summed E-state index contributed by atoms with van der Waals surface area (Å²) >= 11 is 0. The monoisotopic (exact) mass is 437 g/mol. The maximum absolute atomic E-state index is 12.6. The second-order valence-corrected chi connectivity index (χ2v) is 9.14. The highest BCUT2D eigenvalue weighted by Gasteiger charge is 2.26. The summed E-state index contributed by atoms with van der Waals surface area (Å²) in [6, 6.07) is 14.3. The molecule has 1 saturated heterocycles. The number of methoxy groups -OCH3 is 1. The number of ether oxygens (including phenoxy) is 1. The largest absolute Gasteiger partial charge is 0.497 e. The fourth-order valence-electron chi connectivity index (χ4n) is 4.70. The smallest absolute Gasteiger partial charge is 0.229 e. The van der Waals surface area contributed by atoms with E-state index in [4.69, 9.17) is 4.74 Å². The van der Waals surface area contributed by atoms with E-state index in [9.17, 15) is 9.90 Å². The minimum atomic E-state index is -0.524. The maximum Gasteiger partial charge on any atom is 0.229 e. The van der Waals surface area contributed by atoms with E-state index in [2.05, 4.69) is 28.0 Å². The highest BCUT2D eigenvalue weighted by Crippen LogP contribution is 2.31. The van der Waals surface area contributed by atoms with Crippen LogP contribution in [0.5, 0.6) is 5.75 Å². The fourth-order valence-corrected chi connectivity index (χ4v) is 4.70. The summed E-state index contributed by atoms with van der Waals surface area (Å²) in [4.78, 5) is 19.2. The molecule has 0 aliphatic carbocycles. The second-order valence-electron chi connectivity index (χ2n) is 9.14.